The number of esters is 1. The Labute approximate surface area is 116 Å². The Morgan fingerprint density at radius 3 is 2.05 bits per heavy atom. The Bertz CT molecular complexity index is 279. The van der Waals surface area contributed by atoms with Crippen LogP contribution in [0.2, 0.25) is 0 Å². The number of hydrogen-bond donors (Lipinski definition) is 0. The summed E-state index contributed by atoms with van der Waals surface area (Å²) in [4.78, 5) is 25.5. The fourth-order valence-corrected chi connectivity index (χ4v) is 1.87. The Morgan fingerprint density at radius 1 is 1.05 bits per heavy atom. The monoisotopic (exact) mass is 273 g/mol. The SMILES string of the molecule is CCCCN(C(=O)OCC)C(C(=O)OCC)C(C)C. The molecule has 0 aliphatic carbocycles. The van der Waals surface area contributed by atoms with Gasteiger partial charge in [0.15, 0.2) is 0 Å². The first kappa shape index (κ1) is 17.7. The van der Waals surface area contributed by atoms with Gasteiger partial charge in [-0.2, -0.15) is 0 Å². The second kappa shape index (κ2) is 9.64. The van der Waals surface area contributed by atoms with Crippen molar-refractivity contribution in [2.24, 2.45) is 5.92 Å². The van der Waals surface area contributed by atoms with Crippen molar-refractivity contribution in [2.75, 3.05) is 19.8 Å². The average Bonchev–Trinajstić information content (AvgIpc) is 2.34. The molecule has 19 heavy (non-hydrogen) atoms. The summed E-state index contributed by atoms with van der Waals surface area (Å²) in [5, 5.41) is 0. The lowest BCUT2D eigenvalue weighted by molar-refractivity contribution is -0.150. The van der Waals surface area contributed by atoms with Crippen molar-refractivity contribution in [3.63, 3.8) is 0 Å². The van der Waals surface area contributed by atoms with E-state index in [1.807, 2.05) is 20.8 Å². The second-order valence-corrected chi connectivity index (χ2v) is 4.69. The highest BCUT2D eigenvalue weighted by atomic mass is 16.6. The van der Waals surface area contributed by atoms with E-state index in [9.17, 15) is 9.59 Å². The van der Waals surface area contributed by atoms with Gasteiger partial charge in [0, 0.05) is 6.54 Å². The molecule has 112 valence electrons. The van der Waals surface area contributed by atoms with Crippen LogP contribution in [0.15, 0.2) is 0 Å². The molecular formula is C14H27NO4. The zero-order valence-corrected chi connectivity index (χ0v) is 12.8. The average molecular weight is 273 g/mol. The maximum atomic E-state index is 12.0. The number of carbonyl (C=O) groups excluding carboxylic acids is 2. The predicted molar refractivity (Wildman–Crippen MR) is 73.9 cm³/mol. The smallest absolute Gasteiger partial charge is 0.410 e. The molecule has 0 spiro atoms. The van der Waals surface area contributed by atoms with Gasteiger partial charge >= 0.3 is 12.1 Å². The fraction of sp³-hybridized carbons (Fsp3) is 0.857. The van der Waals surface area contributed by atoms with Crippen LogP contribution >= 0.6 is 0 Å². The molecule has 1 atom stereocenters. The molecule has 0 radical (unpaired) electrons. The van der Waals surface area contributed by atoms with Crippen LogP contribution in [0.25, 0.3) is 0 Å². The summed E-state index contributed by atoms with van der Waals surface area (Å²) >= 11 is 0. The van der Waals surface area contributed by atoms with Gasteiger partial charge in [-0.15, -0.1) is 0 Å². The molecule has 0 bridgehead atoms. The van der Waals surface area contributed by atoms with Crippen molar-refractivity contribution in [3.05, 3.63) is 0 Å². The van der Waals surface area contributed by atoms with Crippen molar-refractivity contribution in [2.45, 2.75) is 53.5 Å². The number of nitrogens with zero attached hydrogens (tertiary/aromatic N) is 1. The van der Waals surface area contributed by atoms with E-state index in [1.165, 1.54) is 4.90 Å². The molecule has 0 aliphatic heterocycles. The second-order valence-electron chi connectivity index (χ2n) is 4.69. The Balaban J connectivity index is 5.00. The van der Waals surface area contributed by atoms with E-state index in [0.717, 1.165) is 12.8 Å². The lowest BCUT2D eigenvalue weighted by Gasteiger charge is -2.31. The van der Waals surface area contributed by atoms with Gasteiger partial charge in [-0.05, 0) is 26.2 Å². The van der Waals surface area contributed by atoms with Gasteiger partial charge < -0.3 is 9.47 Å². The number of ether oxygens (including phenoxy) is 2. The molecule has 0 aromatic heterocycles. The minimum Gasteiger partial charge on any atom is -0.464 e. The molecule has 0 aliphatic rings. The summed E-state index contributed by atoms with van der Waals surface area (Å²) < 4.78 is 10.1. The van der Waals surface area contributed by atoms with Gasteiger partial charge in [0.25, 0.3) is 0 Å². The summed E-state index contributed by atoms with van der Waals surface area (Å²) in [6.45, 7) is 10.5. The Hall–Kier alpha value is -1.26. The van der Waals surface area contributed by atoms with Gasteiger partial charge in [0.05, 0.1) is 13.2 Å². The molecule has 0 N–H and O–H groups in total. The number of unbranched alkanes of at least 4 members (excludes halogenated alkanes) is 1. The van der Waals surface area contributed by atoms with E-state index in [2.05, 4.69) is 0 Å². The first-order valence-electron chi connectivity index (χ1n) is 7.09. The summed E-state index contributed by atoms with van der Waals surface area (Å²) in [6.07, 6.45) is 1.34. The van der Waals surface area contributed by atoms with Crippen LogP contribution in [0.3, 0.4) is 0 Å². The van der Waals surface area contributed by atoms with Crippen LogP contribution in [-0.4, -0.2) is 42.8 Å². The molecule has 1 amide bonds. The normalized spacial score (nSPS) is 12.1. The molecule has 5 nitrogen and oxygen atoms in total. The molecule has 0 saturated carbocycles. The van der Waals surface area contributed by atoms with E-state index < -0.39 is 12.1 Å². The van der Waals surface area contributed by atoms with E-state index in [4.69, 9.17) is 9.47 Å². The van der Waals surface area contributed by atoms with Crippen LogP contribution in [0, 0.1) is 5.92 Å². The van der Waals surface area contributed by atoms with Crippen LogP contribution in [0.4, 0.5) is 4.79 Å². The lowest BCUT2D eigenvalue weighted by Crippen LogP contribution is -2.49. The van der Waals surface area contributed by atoms with Crippen molar-refractivity contribution < 1.29 is 19.1 Å². The third kappa shape index (κ3) is 5.94. The minimum absolute atomic E-state index is 0.0136. The highest BCUT2D eigenvalue weighted by Gasteiger charge is 2.34. The highest BCUT2D eigenvalue weighted by molar-refractivity contribution is 5.81. The zero-order chi connectivity index (χ0) is 14.8. The van der Waals surface area contributed by atoms with Crippen LogP contribution < -0.4 is 0 Å². The summed E-state index contributed by atoms with van der Waals surface area (Å²) in [5.41, 5.74) is 0. The molecule has 0 fully saturated rings. The number of amides is 1. The minimum atomic E-state index is -0.578. The standard InChI is InChI=1S/C14H27NO4/c1-6-9-10-15(14(17)19-8-3)12(11(4)5)13(16)18-7-2/h11-12H,6-10H2,1-5H3. The van der Waals surface area contributed by atoms with Crippen LogP contribution in [0.5, 0.6) is 0 Å². The van der Waals surface area contributed by atoms with Crippen molar-refractivity contribution in [1.82, 2.24) is 4.90 Å². The van der Waals surface area contributed by atoms with E-state index >= 15 is 0 Å². The number of rotatable bonds is 8. The van der Waals surface area contributed by atoms with Crippen LogP contribution in [-0.2, 0) is 14.3 Å². The van der Waals surface area contributed by atoms with E-state index in [-0.39, 0.29) is 11.9 Å². The quantitative estimate of drug-likeness (QED) is 0.638. The summed E-state index contributed by atoms with van der Waals surface area (Å²) in [5.74, 6) is -0.373. The Morgan fingerprint density at radius 2 is 1.63 bits per heavy atom. The zero-order valence-electron chi connectivity index (χ0n) is 12.8. The predicted octanol–water partition coefficient (Wildman–Crippen LogP) is 2.83. The molecule has 1 unspecified atom stereocenters. The topological polar surface area (TPSA) is 55.8 Å². The van der Waals surface area contributed by atoms with Gasteiger partial charge in [0.1, 0.15) is 6.04 Å². The Kier molecular flexibility index (Phi) is 9.00. The van der Waals surface area contributed by atoms with Crippen molar-refractivity contribution >= 4 is 12.1 Å². The van der Waals surface area contributed by atoms with Gasteiger partial charge in [-0.25, -0.2) is 9.59 Å². The number of hydrogen-bond acceptors (Lipinski definition) is 4. The summed E-state index contributed by atoms with van der Waals surface area (Å²) in [7, 11) is 0. The maximum Gasteiger partial charge on any atom is 0.410 e. The lowest BCUT2D eigenvalue weighted by atomic mass is 10.0. The molecule has 0 heterocycles. The first-order valence-corrected chi connectivity index (χ1v) is 7.09. The highest BCUT2D eigenvalue weighted by Crippen LogP contribution is 2.15. The molecule has 5 heteroatoms. The van der Waals surface area contributed by atoms with Crippen molar-refractivity contribution in [1.29, 1.82) is 0 Å². The molecule has 0 rings (SSSR count). The third-order valence-corrected chi connectivity index (χ3v) is 2.75. The third-order valence-electron chi connectivity index (χ3n) is 2.75. The van der Waals surface area contributed by atoms with E-state index in [0.29, 0.717) is 19.8 Å². The molecule has 0 aromatic rings. The van der Waals surface area contributed by atoms with Gasteiger partial charge in [0.2, 0.25) is 0 Å². The van der Waals surface area contributed by atoms with Crippen molar-refractivity contribution in [3.8, 4) is 0 Å². The van der Waals surface area contributed by atoms with Gasteiger partial charge in [-0.1, -0.05) is 27.2 Å². The largest absolute Gasteiger partial charge is 0.464 e. The maximum absolute atomic E-state index is 12.0. The summed E-state index contributed by atoms with van der Waals surface area (Å²) in [6, 6.07) is -0.578. The van der Waals surface area contributed by atoms with Gasteiger partial charge in [-0.3, -0.25) is 4.90 Å². The molecule has 0 saturated heterocycles. The molecular weight excluding hydrogens is 246 g/mol. The van der Waals surface area contributed by atoms with Crippen LogP contribution in [0.1, 0.15) is 47.5 Å². The first-order chi connectivity index (χ1) is 8.99. The fourth-order valence-electron chi connectivity index (χ4n) is 1.87. The number of carbonyl (C=O) groups is 2. The molecule has 0 aromatic carbocycles. The van der Waals surface area contributed by atoms with E-state index in [1.54, 1.807) is 13.8 Å².